The number of carbonyl (C=O) groups is 1. The van der Waals surface area contributed by atoms with E-state index in [-0.39, 0.29) is 17.5 Å². The lowest BCUT2D eigenvalue weighted by molar-refractivity contribution is 0.0926. The Bertz CT molecular complexity index is 921. The second-order valence-electron chi connectivity index (χ2n) is 8.08. The summed E-state index contributed by atoms with van der Waals surface area (Å²) in [6, 6.07) is 10.4. The van der Waals surface area contributed by atoms with Crippen LogP contribution >= 0.6 is 11.6 Å². The first-order valence-electron chi connectivity index (χ1n) is 9.80. The maximum atomic E-state index is 12.4. The lowest BCUT2D eigenvalue weighted by Gasteiger charge is -2.31. The Morgan fingerprint density at radius 1 is 1.29 bits per heavy atom. The Hall–Kier alpha value is -3.15. The number of pyridine rings is 1. The minimum Gasteiger partial charge on any atom is -0.352 e. The maximum absolute atomic E-state index is 12.4. The maximum Gasteiger partial charge on any atom is 0.251 e. The standard InChI is InChI=1S/C22H28ClN7O/c1-22(2,14-26-20(31)16-7-9-17(23)10-8-16)12-19(30(3)4)29-21(27-15-24)28-18-6-5-11-25-13-18/h5-11,13,19H,12,14H2,1-4H3,(H,26,31)(H2,27,28,29). The molecule has 0 aliphatic rings. The summed E-state index contributed by atoms with van der Waals surface area (Å²) in [5.41, 5.74) is 1.02. The number of aromatic nitrogens is 1. The quantitative estimate of drug-likeness (QED) is 0.251. The Labute approximate surface area is 188 Å². The fourth-order valence-corrected chi connectivity index (χ4v) is 2.93. The van der Waals surface area contributed by atoms with Crippen molar-refractivity contribution in [3.05, 3.63) is 59.4 Å². The van der Waals surface area contributed by atoms with E-state index >= 15 is 0 Å². The summed E-state index contributed by atoms with van der Waals surface area (Å²) >= 11 is 5.89. The molecule has 0 fully saturated rings. The van der Waals surface area contributed by atoms with Crippen LogP contribution < -0.4 is 16.0 Å². The van der Waals surface area contributed by atoms with Crippen molar-refractivity contribution in [2.45, 2.75) is 26.4 Å². The molecule has 0 saturated carbocycles. The molecule has 1 aromatic heterocycles. The van der Waals surface area contributed by atoms with Gasteiger partial charge in [-0.25, -0.2) is 4.99 Å². The number of halogens is 1. The molecular formula is C22H28ClN7O. The van der Waals surface area contributed by atoms with E-state index in [1.165, 1.54) is 0 Å². The molecule has 0 saturated heterocycles. The second kappa shape index (κ2) is 11.3. The van der Waals surface area contributed by atoms with Gasteiger partial charge in [-0.05, 0) is 62.3 Å². The van der Waals surface area contributed by atoms with E-state index in [9.17, 15) is 4.79 Å². The van der Waals surface area contributed by atoms with Gasteiger partial charge in [-0.15, -0.1) is 0 Å². The average molecular weight is 442 g/mol. The first kappa shape index (κ1) is 24.1. The van der Waals surface area contributed by atoms with Crippen molar-refractivity contribution < 1.29 is 4.79 Å². The van der Waals surface area contributed by atoms with Crippen LogP contribution in [0, 0.1) is 16.9 Å². The zero-order valence-corrected chi connectivity index (χ0v) is 18.9. The normalized spacial score (nSPS) is 12.7. The highest BCUT2D eigenvalue weighted by atomic mass is 35.5. The van der Waals surface area contributed by atoms with Crippen LogP contribution in [0.5, 0.6) is 0 Å². The summed E-state index contributed by atoms with van der Waals surface area (Å²) in [4.78, 5) is 23.1. The number of carbonyl (C=O) groups excluding carboxylic acids is 1. The molecule has 1 atom stereocenters. The minimum absolute atomic E-state index is 0.153. The highest BCUT2D eigenvalue weighted by molar-refractivity contribution is 6.30. The molecule has 0 radical (unpaired) electrons. The lowest BCUT2D eigenvalue weighted by Crippen LogP contribution is -2.40. The SMILES string of the molecule is CN(C)C(CC(C)(C)CNC(=O)c1ccc(Cl)cc1)N=C(NC#N)Nc1cccnc1. The van der Waals surface area contributed by atoms with Crippen molar-refractivity contribution >= 4 is 29.2 Å². The van der Waals surface area contributed by atoms with E-state index in [2.05, 4.69) is 39.8 Å². The molecule has 8 nitrogen and oxygen atoms in total. The van der Waals surface area contributed by atoms with Crippen molar-refractivity contribution in [3.63, 3.8) is 0 Å². The van der Waals surface area contributed by atoms with Crippen LogP contribution in [0.25, 0.3) is 0 Å². The Morgan fingerprint density at radius 2 is 2.00 bits per heavy atom. The van der Waals surface area contributed by atoms with E-state index in [4.69, 9.17) is 16.9 Å². The van der Waals surface area contributed by atoms with Crippen LogP contribution in [0.1, 0.15) is 30.6 Å². The molecule has 1 heterocycles. The largest absolute Gasteiger partial charge is 0.352 e. The topological polar surface area (TPSA) is 105 Å². The number of amides is 1. The predicted molar refractivity (Wildman–Crippen MR) is 124 cm³/mol. The number of anilines is 1. The second-order valence-corrected chi connectivity index (χ2v) is 8.52. The zero-order chi connectivity index (χ0) is 22.9. The van der Waals surface area contributed by atoms with Crippen LogP contribution in [0.2, 0.25) is 5.02 Å². The van der Waals surface area contributed by atoms with Crippen molar-refractivity contribution in [1.82, 2.24) is 20.5 Å². The van der Waals surface area contributed by atoms with Gasteiger partial charge in [0.1, 0.15) is 6.17 Å². The number of aliphatic imine (C=N–C) groups is 1. The third-order valence-corrected chi connectivity index (χ3v) is 4.79. The van der Waals surface area contributed by atoms with Crippen LogP contribution in [-0.4, -0.2) is 48.6 Å². The van der Waals surface area contributed by atoms with E-state index < -0.39 is 0 Å². The molecule has 1 unspecified atom stereocenters. The average Bonchev–Trinajstić information content (AvgIpc) is 2.73. The molecule has 164 valence electrons. The van der Waals surface area contributed by atoms with Gasteiger partial charge in [0, 0.05) is 23.3 Å². The van der Waals surface area contributed by atoms with Crippen molar-refractivity contribution in [1.29, 1.82) is 5.26 Å². The smallest absolute Gasteiger partial charge is 0.251 e. The highest BCUT2D eigenvalue weighted by Crippen LogP contribution is 2.24. The molecule has 0 aliphatic heterocycles. The van der Waals surface area contributed by atoms with E-state index in [1.807, 2.05) is 31.3 Å². The third-order valence-electron chi connectivity index (χ3n) is 4.54. The van der Waals surface area contributed by atoms with Crippen LogP contribution in [-0.2, 0) is 0 Å². The predicted octanol–water partition coefficient (Wildman–Crippen LogP) is 3.31. The molecule has 31 heavy (non-hydrogen) atoms. The molecule has 0 spiro atoms. The lowest BCUT2D eigenvalue weighted by atomic mass is 9.87. The summed E-state index contributed by atoms with van der Waals surface area (Å²) in [6.07, 6.45) is 5.64. The molecule has 9 heteroatoms. The van der Waals surface area contributed by atoms with E-state index in [1.54, 1.807) is 42.7 Å². The highest BCUT2D eigenvalue weighted by Gasteiger charge is 2.26. The van der Waals surface area contributed by atoms with Gasteiger partial charge >= 0.3 is 0 Å². The molecule has 2 aromatic rings. The van der Waals surface area contributed by atoms with Gasteiger partial charge in [0.15, 0.2) is 6.19 Å². The molecule has 1 amide bonds. The van der Waals surface area contributed by atoms with Gasteiger partial charge in [-0.2, -0.15) is 5.26 Å². The minimum atomic E-state index is -0.257. The van der Waals surface area contributed by atoms with Gasteiger partial charge in [0.2, 0.25) is 5.96 Å². The fourth-order valence-electron chi connectivity index (χ4n) is 2.80. The first-order chi connectivity index (χ1) is 14.7. The number of guanidine groups is 1. The monoisotopic (exact) mass is 441 g/mol. The third kappa shape index (κ3) is 8.24. The fraction of sp³-hybridized carbons (Fsp3) is 0.364. The van der Waals surface area contributed by atoms with E-state index in [0.717, 1.165) is 5.69 Å². The Balaban J connectivity index is 2.06. The summed E-state index contributed by atoms with van der Waals surface area (Å²) in [7, 11) is 3.84. The molecule has 0 bridgehead atoms. The molecule has 3 N–H and O–H groups in total. The number of nitriles is 1. The molecule has 1 aromatic carbocycles. The van der Waals surface area contributed by atoms with Gasteiger partial charge in [-0.1, -0.05) is 25.4 Å². The van der Waals surface area contributed by atoms with Crippen molar-refractivity contribution in [3.8, 4) is 6.19 Å². The molecular weight excluding hydrogens is 414 g/mol. The molecule has 0 aliphatic carbocycles. The first-order valence-corrected chi connectivity index (χ1v) is 10.2. The number of benzene rings is 1. The number of nitrogens with zero attached hydrogens (tertiary/aromatic N) is 4. The summed E-state index contributed by atoms with van der Waals surface area (Å²) in [5, 5.41) is 18.3. The number of hydrogen-bond acceptors (Lipinski definition) is 5. The van der Waals surface area contributed by atoms with Crippen LogP contribution in [0.4, 0.5) is 5.69 Å². The van der Waals surface area contributed by atoms with Gasteiger partial charge in [-0.3, -0.25) is 20.0 Å². The number of rotatable bonds is 8. The Kier molecular flexibility index (Phi) is 8.79. The Morgan fingerprint density at radius 3 is 2.58 bits per heavy atom. The van der Waals surface area contributed by atoms with Crippen LogP contribution in [0.15, 0.2) is 53.8 Å². The van der Waals surface area contributed by atoms with Crippen LogP contribution in [0.3, 0.4) is 0 Å². The van der Waals surface area contributed by atoms with Gasteiger partial charge < -0.3 is 10.6 Å². The zero-order valence-electron chi connectivity index (χ0n) is 18.2. The summed E-state index contributed by atoms with van der Waals surface area (Å²) in [6.45, 7) is 4.59. The van der Waals surface area contributed by atoms with Crippen molar-refractivity contribution in [2.24, 2.45) is 10.4 Å². The van der Waals surface area contributed by atoms with Gasteiger partial charge in [0.25, 0.3) is 5.91 Å². The number of hydrogen-bond donors (Lipinski definition) is 3. The summed E-state index contributed by atoms with van der Waals surface area (Å²) < 4.78 is 0. The van der Waals surface area contributed by atoms with Crippen molar-refractivity contribution in [2.75, 3.05) is 26.0 Å². The van der Waals surface area contributed by atoms with E-state index in [0.29, 0.717) is 29.5 Å². The van der Waals surface area contributed by atoms with Gasteiger partial charge in [0.05, 0.1) is 11.9 Å². The summed E-state index contributed by atoms with van der Waals surface area (Å²) in [5.74, 6) is 0.176. The number of nitrogens with one attached hydrogen (secondary N) is 3. The molecule has 2 rings (SSSR count).